The van der Waals surface area contributed by atoms with Crippen LogP contribution in [0.3, 0.4) is 0 Å². The third-order valence-corrected chi connectivity index (χ3v) is 5.17. The van der Waals surface area contributed by atoms with Crippen molar-refractivity contribution in [2.75, 3.05) is 16.0 Å². The van der Waals surface area contributed by atoms with Crippen molar-refractivity contribution in [3.63, 3.8) is 0 Å². The number of carbonyl (C=O) groups excluding carboxylic acids is 2. The molecule has 0 aliphatic rings. The van der Waals surface area contributed by atoms with Gasteiger partial charge < -0.3 is 10.6 Å². The average Bonchev–Trinajstić information content (AvgIpc) is 3.39. The van der Waals surface area contributed by atoms with E-state index < -0.39 is 0 Å². The van der Waals surface area contributed by atoms with Crippen LogP contribution >= 0.6 is 11.3 Å². The maximum Gasteiger partial charge on any atom is 0.324 e. The second-order valence-electron chi connectivity index (χ2n) is 6.45. The van der Waals surface area contributed by atoms with Crippen LogP contribution in [0.5, 0.6) is 0 Å². The minimum Gasteiger partial charge on any atom is -0.308 e. The summed E-state index contributed by atoms with van der Waals surface area (Å²) in [7, 11) is 0. The summed E-state index contributed by atoms with van der Waals surface area (Å²) in [4.78, 5) is 25.0. The van der Waals surface area contributed by atoms with Crippen LogP contribution in [0, 0.1) is 0 Å². The van der Waals surface area contributed by atoms with Crippen molar-refractivity contribution in [3.8, 4) is 0 Å². The van der Waals surface area contributed by atoms with E-state index >= 15 is 0 Å². The summed E-state index contributed by atoms with van der Waals surface area (Å²) in [6.07, 6.45) is 1.82. The molecule has 3 N–H and O–H groups in total. The van der Waals surface area contributed by atoms with E-state index in [1.807, 2.05) is 54.7 Å². The summed E-state index contributed by atoms with van der Waals surface area (Å²) in [6.45, 7) is 0.625. The second kappa shape index (κ2) is 9.06. The van der Waals surface area contributed by atoms with Crippen molar-refractivity contribution in [3.05, 3.63) is 95.5 Å². The molecule has 0 unspecified atom stereocenters. The number of nitrogens with zero attached hydrogens (tertiary/aromatic N) is 2. The molecule has 0 spiro atoms. The van der Waals surface area contributed by atoms with Gasteiger partial charge in [0.2, 0.25) is 0 Å². The molecule has 0 fully saturated rings. The van der Waals surface area contributed by atoms with Crippen LogP contribution in [-0.2, 0) is 6.54 Å². The molecule has 150 valence electrons. The molecule has 7 nitrogen and oxygen atoms in total. The van der Waals surface area contributed by atoms with E-state index in [2.05, 4.69) is 21.0 Å². The van der Waals surface area contributed by atoms with Gasteiger partial charge in [-0.2, -0.15) is 5.10 Å². The number of amides is 3. The fourth-order valence-electron chi connectivity index (χ4n) is 2.79. The van der Waals surface area contributed by atoms with E-state index in [-0.39, 0.29) is 11.9 Å². The Kier molecular flexibility index (Phi) is 5.86. The topological polar surface area (TPSA) is 88.0 Å². The van der Waals surface area contributed by atoms with Crippen LogP contribution in [0.15, 0.2) is 85.1 Å². The highest BCUT2D eigenvalue weighted by Crippen LogP contribution is 2.23. The number of nitrogens with one attached hydrogen (secondary N) is 3. The first-order valence-electron chi connectivity index (χ1n) is 9.27. The summed E-state index contributed by atoms with van der Waals surface area (Å²) in [5.41, 5.74) is 1.82. The first-order chi connectivity index (χ1) is 14.7. The molecule has 0 atom stereocenters. The van der Waals surface area contributed by atoms with Crippen molar-refractivity contribution < 1.29 is 9.59 Å². The zero-order chi connectivity index (χ0) is 20.8. The van der Waals surface area contributed by atoms with E-state index in [4.69, 9.17) is 0 Å². The molecular weight excluding hydrogens is 398 g/mol. The number of urea groups is 1. The van der Waals surface area contributed by atoms with Gasteiger partial charge in [0.25, 0.3) is 5.91 Å². The minimum absolute atomic E-state index is 0.276. The van der Waals surface area contributed by atoms with Gasteiger partial charge in [0.1, 0.15) is 0 Å². The summed E-state index contributed by atoms with van der Waals surface area (Å²) < 4.78 is 1.76. The van der Waals surface area contributed by atoms with E-state index in [0.717, 1.165) is 5.56 Å². The predicted octanol–water partition coefficient (Wildman–Crippen LogP) is 4.89. The maximum atomic E-state index is 12.5. The molecule has 0 bridgehead atoms. The van der Waals surface area contributed by atoms with Crippen molar-refractivity contribution in [1.82, 2.24) is 9.78 Å². The Balaban J connectivity index is 1.32. The van der Waals surface area contributed by atoms with Crippen LogP contribution in [0.1, 0.15) is 15.2 Å². The van der Waals surface area contributed by atoms with E-state index in [1.54, 1.807) is 35.0 Å². The average molecular weight is 417 g/mol. The lowest BCUT2D eigenvalue weighted by atomic mass is 10.2. The minimum atomic E-state index is -0.366. The van der Waals surface area contributed by atoms with Crippen molar-refractivity contribution >= 4 is 39.8 Å². The molecule has 0 saturated heterocycles. The molecule has 3 amide bonds. The standard InChI is InChI=1S/C22H19N5O2S/c28-21(24-19-13-14-27(26-19)15-16-7-3-1-4-8-16)18-11-12-20(30-18)25-22(29)23-17-9-5-2-6-10-17/h1-14H,15H2,(H2,23,25,29)(H,24,26,28). The lowest BCUT2D eigenvalue weighted by Gasteiger charge is -2.05. The molecule has 4 aromatic rings. The highest BCUT2D eigenvalue weighted by atomic mass is 32.1. The quantitative estimate of drug-likeness (QED) is 0.417. The number of anilines is 3. The van der Waals surface area contributed by atoms with Gasteiger partial charge >= 0.3 is 6.03 Å². The molecule has 0 aliphatic carbocycles. The third-order valence-electron chi connectivity index (χ3n) is 4.17. The normalized spacial score (nSPS) is 10.4. The van der Waals surface area contributed by atoms with Gasteiger partial charge in [0.15, 0.2) is 5.82 Å². The van der Waals surface area contributed by atoms with Gasteiger partial charge in [0, 0.05) is 18.0 Å². The first kappa shape index (κ1) is 19.4. The number of aromatic nitrogens is 2. The number of benzene rings is 2. The van der Waals surface area contributed by atoms with Gasteiger partial charge in [-0.1, -0.05) is 48.5 Å². The monoisotopic (exact) mass is 417 g/mol. The van der Waals surface area contributed by atoms with Crippen molar-refractivity contribution in [2.24, 2.45) is 0 Å². The van der Waals surface area contributed by atoms with Gasteiger partial charge in [-0.05, 0) is 29.8 Å². The summed E-state index contributed by atoms with van der Waals surface area (Å²) in [5, 5.41) is 13.2. The highest BCUT2D eigenvalue weighted by molar-refractivity contribution is 7.18. The third kappa shape index (κ3) is 5.12. The molecule has 0 aliphatic heterocycles. The zero-order valence-corrected chi connectivity index (χ0v) is 16.7. The van der Waals surface area contributed by atoms with Crippen LogP contribution in [0.25, 0.3) is 0 Å². The SMILES string of the molecule is O=C(Nc1ccccc1)Nc1ccc(C(=O)Nc2ccn(Cc3ccccc3)n2)s1. The van der Waals surface area contributed by atoms with Crippen molar-refractivity contribution in [1.29, 1.82) is 0 Å². The van der Waals surface area contributed by atoms with E-state index in [9.17, 15) is 9.59 Å². The molecule has 2 heterocycles. The number of hydrogen-bond acceptors (Lipinski definition) is 4. The van der Waals surface area contributed by atoms with Crippen molar-refractivity contribution in [2.45, 2.75) is 6.54 Å². The lowest BCUT2D eigenvalue weighted by molar-refractivity contribution is 0.103. The Bertz CT molecular complexity index is 1140. The lowest BCUT2D eigenvalue weighted by Crippen LogP contribution is -2.18. The largest absolute Gasteiger partial charge is 0.324 e. The predicted molar refractivity (Wildman–Crippen MR) is 119 cm³/mol. The molecule has 4 rings (SSSR count). The number of carbonyl (C=O) groups is 2. The maximum absolute atomic E-state index is 12.5. The van der Waals surface area contributed by atoms with Gasteiger partial charge in [-0.15, -0.1) is 11.3 Å². The second-order valence-corrected chi connectivity index (χ2v) is 7.53. The number of rotatable bonds is 6. The smallest absolute Gasteiger partial charge is 0.308 e. The van der Waals surface area contributed by atoms with E-state index in [1.165, 1.54) is 11.3 Å². The van der Waals surface area contributed by atoms with Crippen LogP contribution in [-0.4, -0.2) is 21.7 Å². The fourth-order valence-corrected chi connectivity index (χ4v) is 3.58. The Hall–Kier alpha value is -3.91. The Labute approximate surface area is 177 Å². The molecule has 0 radical (unpaired) electrons. The molecule has 30 heavy (non-hydrogen) atoms. The Morgan fingerprint density at radius 3 is 2.33 bits per heavy atom. The van der Waals surface area contributed by atoms with Gasteiger partial charge in [0.05, 0.1) is 16.4 Å². The van der Waals surface area contributed by atoms with Gasteiger partial charge in [-0.3, -0.25) is 14.8 Å². The summed E-state index contributed by atoms with van der Waals surface area (Å²) in [5.74, 6) is 0.196. The Morgan fingerprint density at radius 2 is 1.57 bits per heavy atom. The molecular formula is C22H19N5O2S. The molecule has 2 aromatic carbocycles. The van der Waals surface area contributed by atoms with Gasteiger partial charge in [-0.25, -0.2) is 4.79 Å². The fraction of sp³-hybridized carbons (Fsp3) is 0.0455. The molecule has 8 heteroatoms. The van der Waals surface area contributed by atoms with E-state index in [0.29, 0.717) is 27.9 Å². The molecule has 2 aromatic heterocycles. The highest BCUT2D eigenvalue weighted by Gasteiger charge is 2.12. The van der Waals surface area contributed by atoms with Crippen LogP contribution in [0.2, 0.25) is 0 Å². The number of para-hydroxylation sites is 1. The summed E-state index contributed by atoms with van der Waals surface area (Å²) >= 11 is 1.19. The number of hydrogen-bond donors (Lipinski definition) is 3. The number of thiophene rings is 1. The first-order valence-corrected chi connectivity index (χ1v) is 10.1. The van der Waals surface area contributed by atoms with Crippen LogP contribution < -0.4 is 16.0 Å². The van der Waals surface area contributed by atoms with Crippen LogP contribution in [0.4, 0.5) is 21.3 Å². The zero-order valence-electron chi connectivity index (χ0n) is 15.9. The summed E-state index contributed by atoms with van der Waals surface area (Å²) in [6, 6.07) is 23.8. The Morgan fingerprint density at radius 1 is 0.833 bits per heavy atom. The molecule has 0 saturated carbocycles.